The number of nitrogens with one attached hydrogen (secondary N) is 1. The Morgan fingerprint density at radius 2 is 1.94 bits per heavy atom. The van der Waals surface area contributed by atoms with Crippen LogP contribution in [-0.2, 0) is 19.1 Å². The van der Waals surface area contributed by atoms with E-state index in [2.05, 4.69) is 0 Å². The Labute approximate surface area is 91.4 Å². The average Bonchev–Trinajstić information content (AvgIpc) is 2.16. The molecule has 16 heavy (non-hydrogen) atoms. The molecule has 5 N–H and O–H groups in total. The summed E-state index contributed by atoms with van der Waals surface area (Å²) < 4.78 is 4.75. The number of ether oxygens (including phenoxy) is 1. The first-order chi connectivity index (χ1) is 7.47. The summed E-state index contributed by atoms with van der Waals surface area (Å²) in [6.45, 7) is 0.0649. The van der Waals surface area contributed by atoms with E-state index in [9.17, 15) is 14.4 Å². The van der Waals surface area contributed by atoms with E-state index in [1.54, 1.807) is 0 Å². The summed E-state index contributed by atoms with van der Waals surface area (Å²) in [7, 11) is 0. The Morgan fingerprint density at radius 1 is 1.31 bits per heavy atom. The molecule has 1 amide bonds. The van der Waals surface area contributed by atoms with E-state index in [0.717, 1.165) is 0 Å². The number of nitrogens with two attached hydrogens (primary N) is 1. The van der Waals surface area contributed by atoms with Crippen LogP contribution in [0.2, 0.25) is 0 Å². The fourth-order valence-corrected chi connectivity index (χ4v) is 0.859. The Balaban J connectivity index is 4.03. The van der Waals surface area contributed by atoms with E-state index in [4.69, 9.17) is 20.7 Å². The summed E-state index contributed by atoms with van der Waals surface area (Å²) in [4.78, 5) is 31.9. The molecule has 0 aliphatic rings. The molecule has 0 radical (unpaired) electrons. The van der Waals surface area contributed by atoms with Crippen molar-refractivity contribution in [2.45, 2.75) is 12.5 Å². The molecule has 0 aliphatic heterocycles. The molecule has 0 bridgehead atoms. The van der Waals surface area contributed by atoms with E-state index in [1.165, 1.54) is 0 Å². The van der Waals surface area contributed by atoms with E-state index in [-0.39, 0.29) is 19.8 Å². The highest BCUT2D eigenvalue weighted by Crippen LogP contribution is 1.92. The molecule has 0 heterocycles. The Bertz CT molecular complexity index is 267. The van der Waals surface area contributed by atoms with Crippen LogP contribution in [0.15, 0.2) is 0 Å². The van der Waals surface area contributed by atoms with Gasteiger partial charge in [-0.05, 0) is 0 Å². The van der Waals surface area contributed by atoms with Crippen LogP contribution < -0.4 is 11.1 Å². The first-order valence-corrected chi connectivity index (χ1v) is 4.49. The third kappa shape index (κ3) is 6.74. The molecule has 0 aromatic rings. The zero-order valence-electron chi connectivity index (χ0n) is 8.51. The number of carboxylic acids is 2. The molecule has 0 rings (SSSR count). The molecule has 8 heteroatoms. The molecule has 1 unspecified atom stereocenters. The molecule has 0 spiro atoms. The van der Waals surface area contributed by atoms with Gasteiger partial charge in [-0.25, -0.2) is 4.79 Å². The number of hydrogen-bond acceptors (Lipinski definition) is 5. The number of hydrogen-bond donors (Lipinski definition) is 4. The maximum absolute atomic E-state index is 11.1. The van der Waals surface area contributed by atoms with Gasteiger partial charge in [-0.2, -0.15) is 0 Å². The van der Waals surface area contributed by atoms with Crippen molar-refractivity contribution in [3.05, 3.63) is 0 Å². The second kappa shape index (κ2) is 7.60. The van der Waals surface area contributed by atoms with Crippen LogP contribution in [0, 0.1) is 0 Å². The van der Waals surface area contributed by atoms with Gasteiger partial charge in [0.2, 0.25) is 5.91 Å². The first kappa shape index (κ1) is 14.3. The molecule has 0 aliphatic carbocycles. The fourth-order valence-electron chi connectivity index (χ4n) is 0.859. The molecular weight excluding hydrogens is 220 g/mol. The maximum atomic E-state index is 11.1. The Morgan fingerprint density at radius 3 is 2.38 bits per heavy atom. The number of carbonyl (C=O) groups is 3. The SMILES string of the molecule is NCCOCC(=O)NC(CC(=O)O)C(=O)O. The largest absolute Gasteiger partial charge is 0.481 e. The molecule has 1 atom stereocenters. The third-order valence-electron chi connectivity index (χ3n) is 1.51. The monoisotopic (exact) mass is 234 g/mol. The van der Waals surface area contributed by atoms with Crippen LogP contribution >= 0.6 is 0 Å². The molecule has 0 aromatic heterocycles. The lowest BCUT2D eigenvalue weighted by molar-refractivity contribution is -0.147. The van der Waals surface area contributed by atoms with Gasteiger partial charge < -0.3 is 26.0 Å². The average molecular weight is 234 g/mol. The molecule has 8 nitrogen and oxygen atoms in total. The van der Waals surface area contributed by atoms with Gasteiger partial charge in [-0.1, -0.05) is 0 Å². The number of carboxylic acid groups (broad SMARTS) is 2. The van der Waals surface area contributed by atoms with Crippen LogP contribution in [0.3, 0.4) is 0 Å². The highest BCUT2D eigenvalue weighted by Gasteiger charge is 2.22. The highest BCUT2D eigenvalue weighted by atomic mass is 16.5. The molecule has 0 saturated carbocycles. The van der Waals surface area contributed by atoms with Crippen molar-refractivity contribution in [3.63, 3.8) is 0 Å². The molecular formula is C8H14N2O6. The van der Waals surface area contributed by atoms with Gasteiger partial charge in [0.05, 0.1) is 13.0 Å². The van der Waals surface area contributed by atoms with Crippen molar-refractivity contribution in [1.82, 2.24) is 5.32 Å². The highest BCUT2D eigenvalue weighted by molar-refractivity contribution is 5.87. The standard InChI is InChI=1S/C8H14N2O6/c9-1-2-16-4-6(11)10-5(8(14)15)3-7(12)13/h5H,1-4,9H2,(H,10,11)(H,12,13)(H,14,15). The van der Waals surface area contributed by atoms with Crippen LogP contribution in [0.4, 0.5) is 0 Å². The van der Waals surface area contributed by atoms with E-state index < -0.39 is 30.3 Å². The fraction of sp³-hybridized carbons (Fsp3) is 0.625. The van der Waals surface area contributed by atoms with Crippen LogP contribution in [0.5, 0.6) is 0 Å². The number of carbonyl (C=O) groups excluding carboxylic acids is 1. The smallest absolute Gasteiger partial charge is 0.326 e. The van der Waals surface area contributed by atoms with Crippen molar-refractivity contribution in [2.24, 2.45) is 5.73 Å². The number of aliphatic carboxylic acids is 2. The van der Waals surface area contributed by atoms with E-state index >= 15 is 0 Å². The zero-order chi connectivity index (χ0) is 12.6. The van der Waals surface area contributed by atoms with E-state index in [0.29, 0.717) is 0 Å². The summed E-state index contributed by atoms with van der Waals surface area (Å²) in [6.07, 6.45) is -0.683. The maximum Gasteiger partial charge on any atom is 0.326 e. The topological polar surface area (TPSA) is 139 Å². The van der Waals surface area contributed by atoms with Gasteiger partial charge in [0.1, 0.15) is 12.6 Å². The summed E-state index contributed by atoms with van der Waals surface area (Å²) in [5.41, 5.74) is 5.10. The summed E-state index contributed by atoms with van der Waals surface area (Å²) >= 11 is 0. The van der Waals surface area contributed by atoms with Crippen molar-refractivity contribution < 1.29 is 29.3 Å². The summed E-state index contributed by atoms with van der Waals surface area (Å²) in [5, 5.41) is 19.0. The third-order valence-corrected chi connectivity index (χ3v) is 1.51. The van der Waals surface area contributed by atoms with Crippen LogP contribution in [0.1, 0.15) is 6.42 Å². The Kier molecular flexibility index (Phi) is 6.81. The van der Waals surface area contributed by atoms with Crippen molar-refractivity contribution >= 4 is 17.8 Å². The number of rotatable bonds is 8. The normalized spacial score (nSPS) is 11.8. The van der Waals surface area contributed by atoms with Gasteiger partial charge in [0, 0.05) is 6.54 Å². The second-order valence-corrected chi connectivity index (χ2v) is 2.90. The number of amides is 1. The van der Waals surface area contributed by atoms with Gasteiger partial charge in [0.15, 0.2) is 0 Å². The van der Waals surface area contributed by atoms with Gasteiger partial charge in [0.25, 0.3) is 0 Å². The lowest BCUT2D eigenvalue weighted by atomic mass is 10.2. The minimum Gasteiger partial charge on any atom is -0.481 e. The lowest BCUT2D eigenvalue weighted by Crippen LogP contribution is -2.43. The molecule has 92 valence electrons. The van der Waals surface area contributed by atoms with Gasteiger partial charge in [-0.15, -0.1) is 0 Å². The summed E-state index contributed by atoms with van der Waals surface area (Å²) in [5.74, 6) is -3.41. The first-order valence-electron chi connectivity index (χ1n) is 4.49. The van der Waals surface area contributed by atoms with Crippen molar-refractivity contribution in [1.29, 1.82) is 0 Å². The van der Waals surface area contributed by atoms with Crippen molar-refractivity contribution in [3.8, 4) is 0 Å². The predicted octanol–water partition coefficient (Wildman–Crippen LogP) is -1.99. The van der Waals surface area contributed by atoms with Gasteiger partial charge in [-0.3, -0.25) is 9.59 Å². The van der Waals surface area contributed by atoms with E-state index in [1.807, 2.05) is 5.32 Å². The molecule has 0 fully saturated rings. The zero-order valence-corrected chi connectivity index (χ0v) is 8.51. The minimum atomic E-state index is -1.45. The molecule has 0 saturated heterocycles. The van der Waals surface area contributed by atoms with Crippen LogP contribution in [0.25, 0.3) is 0 Å². The lowest BCUT2D eigenvalue weighted by Gasteiger charge is -2.12. The summed E-state index contributed by atoms with van der Waals surface area (Å²) in [6, 6.07) is -1.45. The second-order valence-electron chi connectivity index (χ2n) is 2.90. The van der Waals surface area contributed by atoms with Crippen molar-refractivity contribution in [2.75, 3.05) is 19.8 Å². The quantitative estimate of drug-likeness (QED) is 0.356. The Hall–Kier alpha value is -1.67. The van der Waals surface area contributed by atoms with Gasteiger partial charge >= 0.3 is 11.9 Å². The van der Waals surface area contributed by atoms with Crippen LogP contribution in [-0.4, -0.2) is 53.9 Å². The predicted molar refractivity (Wildman–Crippen MR) is 51.7 cm³/mol. The molecule has 0 aromatic carbocycles. The minimum absolute atomic E-state index is 0.171.